The van der Waals surface area contributed by atoms with Crippen LogP contribution in [0.4, 0.5) is 10.5 Å². The lowest BCUT2D eigenvalue weighted by atomic mass is 10.2. The number of aryl methyl sites for hydroxylation is 1. The normalized spacial score (nSPS) is 10.5. The number of carbonyl (C=O) groups is 7. The van der Waals surface area contributed by atoms with Crippen molar-refractivity contribution in [2.24, 2.45) is 23.1 Å². The number of ether oxygens (including phenoxy) is 13. The molecule has 0 aliphatic carbocycles. The van der Waals surface area contributed by atoms with Crippen molar-refractivity contribution in [1.82, 2.24) is 10.2 Å². The van der Waals surface area contributed by atoms with Gasteiger partial charge in [0, 0.05) is 51.5 Å². The van der Waals surface area contributed by atoms with Crippen LogP contribution in [0.25, 0.3) is 0 Å². The Balaban J connectivity index is -0.000000293. The number of primary amides is 1. The second kappa shape index (κ2) is 80.2. The Morgan fingerprint density at radius 3 is 1.18 bits per heavy atom. The Hall–Kier alpha value is -5.85. The number of ketones is 1. The van der Waals surface area contributed by atoms with Gasteiger partial charge in [-0.1, -0.05) is 92.1 Å². The first-order chi connectivity index (χ1) is 43.1. The number of methoxy groups -OCH3 is 1. The SMILES string of the molecule is CC.CC.CC(C)C.CCC(=O)OCc1ccc(NC)cc1.CCCNC(N)=O.CN.COCCOCCOCCOCCOCCOCCOCCOCCOCCOCCOCCOc1ccc(C)cc1.NCC=O.O=CC(=O)CN1C(=O)C=CC1=O. The van der Waals surface area contributed by atoms with Gasteiger partial charge in [0.2, 0.25) is 5.78 Å². The fourth-order valence-corrected chi connectivity index (χ4v) is 5.14. The molecule has 0 atom stereocenters. The number of amides is 4. The Bertz CT molecular complexity index is 1870. The first-order valence-electron chi connectivity index (χ1n) is 30.3. The predicted octanol–water partition coefficient (Wildman–Crippen LogP) is 5.55. The summed E-state index contributed by atoms with van der Waals surface area (Å²) in [6.45, 7) is 32.7. The highest BCUT2D eigenvalue weighted by atomic mass is 16.6. The summed E-state index contributed by atoms with van der Waals surface area (Å²) in [5, 5.41) is 5.46. The zero-order chi connectivity index (χ0) is 68.2. The molecule has 89 heavy (non-hydrogen) atoms. The molecule has 8 N–H and O–H groups in total. The van der Waals surface area contributed by atoms with Crippen LogP contribution in [0.5, 0.6) is 5.75 Å². The molecule has 1 heterocycles. The van der Waals surface area contributed by atoms with Crippen molar-refractivity contribution in [3.8, 4) is 5.75 Å². The number of esters is 1. The number of nitrogens with one attached hydrogen (secondary N) is 2. The Kier molecular flexibility index (Phi) is 84.9. The topological polar surface area (TPSA) is 345 Å². The van der Waals surface area contributed by atoms with E-state index >= 15 is 0 Å². The maximum absolute atomic E-state index is 10.9. The van der Waals surface area contributed by atoms with E-state index in [1.807, 2.05) is 97.1 Å². The number of Topliss-reactive ketones (excluding diaryl/α,β-unsaturated/α-hetero) is 1. The Morgan fingerprint density at radius 1 is 0.573 bits per heavy atom. The van der Waals surface area contributed by atoms with Crippen molar-refractivity contribution >= 4 is 47.9 Å². The smallest absolute Gasteiger partial charge is 0.312 e. The van der Waals surface area contributed by atoms with Crippen LogP contribution in [-0.4, -0.2) is 233 Å². The molecule has 4 amide bonds. The van der Waals surface area contributed by atoms with Crippen molar-refractivity contribution in [2.45, 2.75) is 88.7 Å². The van der Waals surface area contributed by atoms with Crippen molar-refractivity contribution in [2.75, 3.05) is 192 Å². The van der Waals surface area contributed by atoms with E-state index < -0.39 is 30.2 Å². The molecular weight excluding hydrogens is 1160 g/mol. The van der Waals surface area contributed by atoms with Gasteiger partial charge in [-0.25, -0.2) is 4.79 Å². The van der Waals surface area contributed by atoms with Gasteiger partial charge in [-0.3, -0.25) is 28.9 Å². The molecule has 0 spiro atoms. The molecule has 0 bridgehead atoms. The third-order valence-electron chi connectivity index (χ3n) is 9.22. The van der Waals surface area contributed by atoms with Crippen molar-refractivity contribution < 1.29 is 95.1 Å². The molecule has 0 saturated carbocycles. The molecule has 0 aromatic heterocycles. The molecule has 26 heteroatoms. The van der Waals surface area contributed by atoms with E-state index in [9.17, 15) is 28.8 Å². The Morgan fingerprint density at radius 2 is 0.910 bits per heavy atom. The number of carbonyl (C=O) groups excluding carboxylic acids is 7. The van der Waals surface area contributed by atoms with Crippen LogP contribution in [-0.2, 0) is 92.2 Å². The summed E-state index contributed by atoms with van der Waals surface area (Å²) in [7, 11) is 5.01. The highest BCUT2D eigenvalue weighted by molar-refractivity contribution is 6.28. The summed E-state index contributed by atoms with van der Waals surface area (Å²) in [5.41, 5.74) is 17.2. The number of hydrogen-bond donors (Lipinski definition) is 5. The molecule has 0 radical (unpaired) electrons. The number of aldehydes is 2. The minimum atomic E-state index is -0.791. The number of urea groups is 1. The summed E-state index contributed by atoms with van der Waals surface area (Å²) >= 11 is 0. The molecule has 0 unspecified atom stereocenters. The highest BCUT2D eigenvalue weighted by Gasteiger charge is 2.25. The van der Waals surface area contributed by atoms with E-state index in [2.05, 4.69) is 42.9 Å². The van der Waals surface area contributed by atoms with E-state index in [0.717, 1.165) is 41.5 Å². The number of nitrogens with two attached hydrogens (primary N) is 3. The van der Waals surface area contributed by atoms with Gasteiger partial charge in [0.25, 0.3) is 11.8 Å². The van der Waals surface area contributed by atoms with E-state index in [0.29, 0.717) is 176 Å². The lowest BCUT2D eigenvalue weighted by Crippen LogP contribution is -2.35. The zero-order valence-corrected chi connectivity index (χ0v) is 56.1. The van der Waals surface area contributed by atoms with Gasteiger partial charge in [0.1, 0.15) is 25.2 Å². The van der Waals surface area contributed by atoms with Crippen molar-refractivity contribution in [1.29, 1.82) is 0 Å². The first kappa shape index (κ1) is 94.3. The number of imide groups is 1. The van der Waals surface area contributed by atoms with Gasteiger partial charge in [0.15, 0.2) is 6.29 Å². The van der Waals surface area contributed by atoms with Crippen LogP contribution < -0.4 is 32.6 Å². The molecule has 1 aliphatic rings. The maximum Gasteiger partial charge on any atom is 0.312 e. The lowest BCUT2D eigenvalue weighted by molar-refractivity contribution is -0.144. The number of benzene rings is 2. The number of rotatable bonds is 44. The van der Waals surface area contributed by atoms with Crippen LogP contribution in [0.3, 0.4) is 0 Å². The highest BCUT2D eigenvalue weighted by Crippen LogP contribution is 2.11. The standard InChI is InChI=1S/C30H54O12.C11H15NO2.C7H5NO4.C4H10N2O.C4H10.C2H5NO.2C2H6.CH5N/c1-29-3-5-30(6-4-29)42-28-27-41-26-25-40-24-23-39-22-21-38-20-19-37-18-17-36-16-15-35-14-13-34-12-11-33-10-9-32-8-7-31-2;1-3-11(13)14-8-9-4-6-10(12-2)7-5-9;9-4-5(10)3-8-6(11)1-2-7(8)12;1-2-3-6-4(5)7;1-4(2)3;3-1-2-4;3*1-2/h3-6H,7-28H2,1-2H3;4-7,12H,3,8H2,1-2H3;1-2,4H,3H2;2-3H2,1H3,(H3,5,6,7);4H,1-3H3;2H,1,3H2;2*1-2H3;2H2,1H3. The van der Waals surface area contributed by atoms with Crippen LogP contribution >= 0.6 is 0 Å². The minimum absolute atomic E-state index is 0.0822. The predicted molar refractivity (Wildman–Crippen MR) is 346 cm³/mol. The van der Waals surface area contributed by atoms with Gasteiger partial charge in [0.05, 0.1) is 145 Å². The molecule has 1 aliphatic heterocycles. The monoisotopic (exact) mass is 1280 g/mol. The maximum atomic E-state index is 10.9. The van der Waals surface area contributed by atoms with E-state index in [1.165, 1.54) is 12.6 Å². The summed E-state index contributed by atoms with van der Waals surface area (Å²) in [4.78, 5) is 72.5. The molecule has 26 nitrogen and oxygen atoms in total. The van der Waals surface area contributed by atoms with Gasteiger partial charge in [-0.2, -0.15) is 0 Å². The first-order valence-corrected chi connectivity index (χ1v) is 30.3. The Labute approximate surface area is 532 Å². The third kappa shape index (κ3) is 78.2. The molecule has 0 fully saturated rings. The van der Waals surface area contributed by atoms with Gasteiger partial charge < -0.3 is 94.2 Å². The fourth-order valence-electron chi connectivity index (χ4n) is 5.14. The summed E-state index contributed by atoms with van der Waals surface area (Å²) in [6.07, 6.45) is 4.21. The number of hydrogen-bond acceptors (Lipinski definition) is 23. The quantitative estimate of drug-likeness (QED) is 0.0179. The molecule has 2 aromatic rings. The van der Waals surface area contributed by atoms with Crippen LogP contribution in [0, 0.1) is 12.8 Å². The number of anilines is 1. The second-order valence-electron chi connectivity index (χ2n) is 17.3. The number of nitrogens with zero attached hydrogens (tertiary/aromatic N) is 1. The molecule has 2 aromatic carbocycles. The lowest BCUT2D eigenvalue weighted by Gasteiger charge is -2.09. The third-order valence-corrected chi connectivity index (χ3v) is 9.22. The van der Waals surface area contributed by atoms with Crippen molar-refractivity contribution in [3.63, 3.8) is 0 Å². The van der Waals surface area contributed by atoms with Crippen molar-refractivity contribution in [3.05, 3.63) is 71.8 Å². The van der Waals surface area contributed by atoms with Gasteiger partial charge in [-0.15, -0.1) is 0 Å². The second-order valence-corrected chi connectivity index (χ2v) is 17.3. The fraction of sp³-hybridized carbons (Fsp3) is 0.667. The molecular formula is C63H116N6O20. The van der Waals surface area contributed by atoms with Crippen LogP contribution in [0.1, 0.15) is 86.3 Å². The van der Waals surface area contributed by atoms with Crippen LogP contribution in [0.15, 0.2) is 60.7 Å². The molecule has 3 rings (SSSR count). The van der Waals surface area contributed by atoms with E-state index in [1.54, 1.807) is 14.0 Å². The average molecular weight is 1280 g/mol. The van der Waals surface area contributed by atoms with Crippen LogP contribution in [0.2, 0.25) is 0 Å². The minimum Gasteiger partial charge on any atom is -0.491 e. The average Bonchev–Trinajstić information content (AvgIpc) is 3.54. The molecule has 518 valence electrons. The summed E-state index contributed by atoms with van der Waals surface area (Å²) in [5.74, 6) is -0.390. The largest absolute Gasteiger partial charge is 0.491 e. The summed E-state index contributed by atoms with van der Waals surface area (Å²) in [6, 6.07) is 15.3. The summed E-state index contributed by atoms with van der Waals surface area (Å²) < 4.78 is 69.9. The van der Waals surface area contributed by atoms with E-state index in [-0.39, 0.29) is 18.8 Å². The molecule has 0 saturated heterocycles. The zero-order valence-electron chi connectivity index (χ0n) is 56.1. The van der Waals surface area contributed by atoms with E-state index in [4.69, 9.17) is 72.1 Å². The van der Waals surface area contributed by atoms with Gasteiger partial charge in [-0.05, 0) is 56.1 Å². The van der Waals surface area contributed by atoms with Gasteiger partial charge >= 0.3 is 12.0 Å².